The molecule has 0 unspecified atom stereocenters. The van der Waals surface area contributed by atoms with Crippen LogP contribution in [0.2, 0.25) is 0 Å². The highest BCUT2D eigenvalue weighted by molar-refractivity contribution is 7.89. The molecule has 1 heterocycles. The van der Waals surface area contributed by atoms with Crippen molar-refractivity contribution in [1.82, 2.24) is 9.21 Å². The second kappa shape index (κ2) is 9.46. The van der Waals surface area contributed by atoms with Gasteiger partial charge in [0.15, 0.2) is 11.5 Å². The third-order valence-electron chi connectivity index (χ3n) is 5.20. The Bertz CT molecular complexity index is 973. The van der Waals surface area contributed by atoms with Crippen molar-refractivity contribution in [2.45, 2.75) is 4.90 Å². The molecule has 30 heavy (non-hydrogen) atoms. The van der Waals surface area contributed by atoms with Gasteiger partial charge in [0.1, 0.15) is 0 Å². The Morgan fingerprint density at radius 3 is 2.20 bits per heavy atom. The molecule has 1 saturated heterocycles. The van der Waals surface area contributed by atoms with E-state index in [1.807, 2.05) is 35.2 Å². The molecule has 8 nitrogen and oxygen atoms in total. The molecule has 0 aromatic heterocycles. The number of nitrogens with zero attached hydrogens (tertiary/aromatic N) is 3. The summed E-state index contributed by atoms with van der Waals surface area (Å²) in [6, 6.07) is 14.0. The zero-order valence-electron chi connectivity index (χ0n) is 17.4. The Balaban J connectivity index is 1.61. The van der Waals surface area contributed by atoms with Gasteiger partial charge < -0.3 is 14.4 Å². The highest BCUT2D eigenvalue weighted by Crippen LogP contribution is 2.30. The molecule has 9 heteroatoms. The highest BCUT2D eigenvalue weighted by atomic mass is 32.2. The summed E-state index contributed by atoms with van der Waals surface area (Å²) >= 11 is 0. The molecule has 2 aromatic rings. The third-order valence-corrected chi connectivity index (χ3v) is 7.10. The summed E-state index contributed by atoms with van der Waals surface area (Å²) in [5.74, 6) is 0.812. The Hall–Kier alpha value is -2.62. The molecule has 0 N–H and O–H groups in total. The molecule has 2 aromatic carbocycles. The van der Waals surface area contributed by atoms with E-state index in [9.17, 15) is 13.2 Å². The number of amides is 1. The van der Waals surface area contributed by atoms with Gasteiger partial charge in [-0.05, 0) is 24.3 Å². The van der Waals surface area contributed by atoms with Gasteiger partial charge in [0.05, 0.1) is 25.7 Å². The van der Waals surface area contributed by atoms with Crippen LogP contribution in [0.15, 0.2) is 53.4 Å². The number of rotatable bonds is 7. The minimum absolute atomic E-state index is 0.0302. The fourth-order valence-electron chi connectivity index (χ4n) is 3.35. The zero-order chi connectivity index (χ0) is 21.7. The molecule has 0 radical (unpaired) electrons. The SMILES string of the molecule is COc1ccc(S(=O)(=O)N2CCN(CC(=O)N(C)c3ccccc3)CC2)cc1OC. The highest BCUT2D eigenvalue weighted by Gasteiger charge is 2.30. The minimum atomic E-state index is -3.66. The van der Waals surface area contributed by atoms with E-state index < -0.39 is 10.0 Å². The molecule has 3 rings (SSSR count). The van der Waals surface area contributed by atoms with Crippen LogP contribution in [0.25, 0.3) is 0 Å². The monoisotopic (exact) mass is 433 g/mol. The van der Waals surface area contributed by atoms with Crippen LogP contribution in [0, 0.1) is 0 Å². The molecule has 1 aliphatic heterocycles. The van der Waals surface area contributed by atoms with Crippen LogP contribution in [0.4, 0.5) is 5.69 Å². The first kappa shape index (κ1) is 22.1. The standard InChI is InChI=1S/C21H27N3O5S/c1-22(17-7-5-4-6-8-17)21(25)16-23-11-13-24(14-12-23)30(26,27)18-9-10-19(28-2)20(15-18)29-3/h4-10,15H,11-14,16H2,1-3H3. The number of anilines is 1. The lowest BCUT2D eigenvalue weighted by atomic mass is 10.3. The Labute approximate surface area is 177 Å². The van der Waals surface area contributed by atoms with Gasteiger partial charge in [0.2, 0.25) is 15.9 Å². The second-order valence-electron chi connectivity index (χ2n) is 6.99. The van der Waals surface area contributed by atoms with Crippen LogP contribution >= 0.6 is 0 Å². The van der Waals surface area contributed by atoms with Gasteiger partial charge in [-0.25, -0.2) is 8.42 Å². The largest absolute Gasteiger partial charge is 0.493 e. The fourth-order valence-corrected chi connectivity index (χ4v) is 4.79. The van der Waals surface area contributed by atoms with Gasteiger partial charge in [-0.15, -0.1) is 0 Å². The number of piperazine rings is 1. The lowest BCUT2D eigenvalue weighted by Crippen LogP contribution is -2.51. The topological polar surface area (TPSA) is 79.4 Å². The van der Waals surface area contributed by atoms with Crippen LogP contribution in [-0.4, -0.2) is 77.5 Å². The maximum Gasteiger partial charge on any atom is 0.243 e. The van der Waals surface area contributed by atoms with E-state index in [0.29, 0.717) is 37.7 Å². The molecule has 0 aliphatic carbocycles. The number of carbonyl (C=O) groups is 1. The minimum Gasteiger partial charge on any atom is -0.493 e. The van der Waals surface area contributed by atoms with E-state index in [0.717, 1.165) is 5.69 Å². The van der Waals surface area contributed by atoms with Crippen molar-refractivity contribution in [2.75, 3.05) is 58.9 Å². The molecule has 1 fully saturated rings. The van der Waals surface area contributed by atoms with Gasteiger partial charge in [-0.2, -0.15) is 4.31 Å². The number of likely N-dealkylation sites (N-methyl/N-ethyl adjacent to an activating group) is 1. The molecule has 162 valence electrons. The zero-order valence-corrected chi connectivity index (χ0v) is 18.3. The number of hydrogen-bond acceptors (Lipinski definition) is 6. The average molecular weight is 434 g/mol. The van der Waals surface area contributed by atoms with Gasteiger partial charge in [-0.1, -0.05) is 18.2 Å². The summed E-state index contributed by atoms with van der Waals surface area (Å²) in [6.07, 6.45) is 0. The van der Waals surface area contributed by atoms with Crippen LogP contribution in [0.5, 0.6) is 11.5 Å². The van der Waals surface area contributed by atoms with E-state index >= 15 is 0 Å². The van der Waals surface area contributed by atoms with Crippen molar-refractivity contribution in [3.05, 3.63) is 48.5 Å². The van der Waals surface area contributed by atoms with E-state index in [1.165, 1.54) is 30.7 Å². The lowest BCUT2D eigenvalue weighted by molar-refractivity contribution is -0.119. The van der Waals surface area contributed by atoms with Crippen molar-refractivity contribution >= 4 is 21.6 Å². The smallest absolute Gasteiger partial charge is 0.243 e. The number of benzene rings is 2. The molecule has 1 aliphatic rings. The number of methoxy groups -OCH3 is 2. The molecule has 1 amide bonds. The van der Waals surface area contributed by atoms with Gasteiger partial charge in [0, 0.05) is 45.0 Å². The first-order chi connectivity index (χ1) is 14.4. The maximum atomic E-state index is 13.0. The molecule has 0 saturated carbocycles. The van der Waals surface area contributed by atoms with E-state index in [2.05, 4.69) is 0 Å². The first-order valence-electron chi connectivity index (χ1n) is 9.63. The van der Waals surface area contributed by atoms with Crippen molar-refractivity contribution in [1.29, 1.82) is 0 Å². The summed E-state index contributed by atoms with van der Waals surface area (Å²) in [6.45, 7) is 1.86. The quantitative estimate of drug-likeness (QED) is 0.661. The Morgan fingerprint density at radius 2 is 1.60 bits per heavy atom. The van der Waals surface area contributed by atoms with E-state index in [1.54, 1.807) is 18.0 Å². The van der Waals surface area contributed by atoms with Gasteiger partial charge in [-0.3, -0.25) is 9.69 Å². The van der Waals surface area contributed by atoms with Crippen LogP contribution < -0.4 is 14.4 Å². The summed E-state index contributed by atoms with van der Waals surface area (Å²) in [4.78, 5) is 16.3. The first-order valence-corrected chi connectivity index (χ1v) is 11.1. The number of para-hydroxylation sites is 1. The number of carbonyl (C=O) groups excluding carboxylic acids is 1. The summed E-state index contributed by atoms with van der Waals surface area (Å²) in [7, 11) is 1.06. The number of hydrogen-bond donors (Lipinski definition) is 0. The summed E-state index contributed by atoms with van der Waals surface area (Å²) in [5.41, 5.74) is 0.831. The number of sulfonamides is 1. The molecular weight excluding hydrogens is 406 g/mol. The van der Waals surface area contributed by atoms with Crippen molar-refractivity contribution in [3.8, 4) is 11.5 Å². The number of ether oxygens (including phenoxy) is 2. The summed E-state index contributed by atoms with van der Waals surface area (Å²) < 4.78 is 37.9. The Kier molecular flexibility index (Phi) is 6.96. The van der Waals surface area contributed by atoms with Crippen molar-refractivity contribution < 1.29 is 22.7 Å². The predicted octanol–water partition coefficient (Wildman–Crippen LogP) is 1.67. The van der Waals surface area contributed by atoms with Gasteiger partial charge >= 0.3 is 0 Å². The van der Waals surface area contributed by atoms with Crippen LogP contribution in [0.3, 0.4) is 0 Å². The van der Waals surface area contributed by atoms with Crippen molar-refractivity contribution in [2.24, 2.45) is 0 Å². The van der Waals surface area contributed by atoms with Crippen molar-refractivity contribution in [3.63, 3.8) is 0 Å². The van der Waals surface area contributed by atoms with Crippen LogP contribution in [-0.2, 0) is 14.8 Å². The average Bonchev–Trinajstić information content (AvgIpc) is 2.78. The molecule has 0 spiro atoms. The Morgan fingerprint density at radius 1 is 0.967 bits per heavy atom. The van der Waals surface area contributed by atoms with E-state index in [4.69, 9.17) is 9.47 Å². The van der Waals surface area contributed by atoms with Gasteiger partial charge in [0.25, 0.3) is 0 Å². The van der Waals surface area contributed by atoms with Crippen LogP contribution in [0.1, 0.15) is 0 Å². The third kappa shape index (κ3) is 4.75. The lowest BCUT2D eigenvalue weighted by Gasteiger charge is -2.34. The molecule has 0 atom stereocenters. The predicted molar refractivity (Wildman–Crippen MR) is 115 cm³/mol. The maximum absolute atomic E-state index is 13.0. The summed E-state index contributed by atoms with van der Waals surface area (Å²) in [5, 5.41) is 0. The van der Waals surface area contributed by atoms with E-state index in [-0.39, 0.29) is 17.3 Å². The second-order valence-corrected chi connectivity index (χ2v) is 8.92. The normalized spacial score (nSPS) is 15.6. The molecule has 0 bridgehead atoms. The fraction of sp³-hybridized carbons (Fsp3) is 0.381. The molecular formula is C21H27N3O5S.